The van der Waals surface area contributed by atoms with Crippen molar-refractivity contribution >= 4 is 0 Å². The van der Waals surface area contributed by atoms with E-state index in [0.717, 1.165) is 44.3 Å². The fourth-order valence-electron chi connectivity index (χ4n) is 3.83. The van der Waals surface area contributed by atoms with Gasteiger partial charge in [0, 0.05) is 18.6 Å². The van der Waals surface area contributed by atoms with Crippen molar-refractivity contribution < 1.29 is 0 Å². The molecule has 1 heterocycles. The van der Waals surface area contributed by atoms with Crippen molar-refractivity contribution in [1.82, 2.24) is 19.7 Å². The highest BCUT2D eigenvalue weighted by Crippen LogP contribution is 2.37. The molecule has 0 saturated heterocycles. The molecule has 0 spiro atoms. The Morgan fingerprint density at radius 3 is 2.90 bits per heavy atom. The van der Waals surface area contributed by atoms with Crippen molar-refractivity contribution in [3.63, 3.8) is 0 Å². The van der Waals surface area contributed by atoms with Crippen molar-refractivity contribution in [2.45, 2.75) is 71.5 Å². The van der Waals surface area contributed by atoms with Crippen LogP contribution in [0.2, 0.25) is 0 Å². The molecule has 21 heavy (non-hydrogen) atoms. The van der Waals surface area contributed by atoms with Gasteiger partial charge in [0.05, 0.1) is 6.54 Å². The fourth-order valence-corrected chi connectivity index (χ4v) is 3.83. The fraction of sp³-hybridized carbons (Fsp3) is 0.875. The summed E-state index contributed by atoms with van der Waals surface area (Å²) in [5.41, 5.74) is 6.40. The summed E-state index contributed by atoms with van der Waals surface area (Å²) < 4.78 is 2.00. The molecule has 5 heteroatoms. The molecule has 0 radical (unpaired) electrons. The molecular formula is C16H31N5. The zero-order chi connectivity index (χ0) is 15.3. The molecule has 0 aliphatic heterocycles. The minimum absolute atomic E-state index is 0.151. The molecule has 5 nitrogen and oxygen atoms in total. The molecular weight excluding hydrogens is 262 g/mol. The molecule has 0 amide bonds. The maximum atomic E-state index is 6.25. The molecule has 2 N–H and O–H groups in total. The molecule has 1 saturated carbocycles. The van der Waals surface area contributed by atoms with Gasteiger partial charge in [-0.2, -0.15) is 5.10 Å². The van der Waals surface area contributed by atoms with Gasteiger partial charge in [0.25, 0.3) is 0 Å². The second kappa shape index (κ2) is 7.36. The van der Waals surface area contributed by atoms with E-state index in [-0.39, 0.29) is 5.54 Å². The summed E-state index contributed by atoms with van der Waals surface area (Å²) in [5, 5.41) is 4.30. The zero-order valence-electron chi connectivity index (χ0n) is 13.9. The molecule has 1 fully saturated rings. The number of hydrogen-bond donors (Lipinski definition) is 1. The number of nitrogens with two attached hydrogens (primary N) is 1. The van der Waals surface area contributed by atoms with Crippen molar-refractivity contribution in [2.75, 3.05) is 13.1 Å². The Bertz CT molecular complexity index is 430. The maximum absolute atomic E-state index is 6.25. The van der Waals surface area contributed by atoms with E-state index in [0.29, 0.717) is 0 Å². The van der Waals surface area contributed by atoms with Crippen LogP contribution in [0.1, 0.15) is 58.7 Å². The minimum Gasteiger partial charge on any atom is -0.329 e. The highest BCUT2D eigenvalue weighted by atomic mass is 15.4. The first-order valence-electron chi connectivity index (χ1n) is 8.47. The van der Waals surface area contributed by atoms with E-state index < -0.39 is 0 Å². The standard InChI is InChI=1S/C16H31N5/c1-4-9-20(11-15-18-13-19-21(15)5-2)16(12-17)8-6-7-14(3)10-16/h13-14H,4-12,17H2,1-3H3. The van der Waals surface area contributed by atoms with Gasteiger partial charge in [-0.1, -0.05) is 26.7 Å². The smallest absolute Gasteiger partial charge is 0.141 e. The highest BCUT2D eigenvalue weighted by molar-refractivity contribution is 4.98. The number of aromatic nitrogens is 3. The highest BCUT2D eigenvalue weighted by Gasteiger charge is 2.39. The summed E-state index contributed by atoms with van der Waals surface area (Å²) in [6.45, 7) is 10.3. The first-order valence-corrected chi connectivity index (χ1v) is 8.47. The van der Waals surface area contributed by atoms with Crippen LogP contribution in [0.25, 0.3) is 0 Å². The van der Waals surface area contributed by atoms with E-state index in [1.165, 1.54) is 25.7 Å². The van der Waals surface area contributed by atoms with E-state index in [1.807, 2.05) is 4.68 Å². The molecule has 2 atom stereocenters. The monoisotopic (exact) mass is 293 g/mol. The molecule has 0 aromatic carbocycles. The molecule has 120 valence electrons. The number of nitrogens with zero attached hydrogens (tertiary/aromatic N) is 4. The van der Waals surface area contributed by atoms with Crippen LogP contribution in [0, 0.1) is 5.92 Å². The van der Waals surface area contributed by atoms with Crippen molar-refractivity contribution in [3.8, 4) is 0 Å². The van der Waals surface area contributed by atoms with Gasteiger partial charge in [0.2, 0.25) is 0 Å². The van der Waals surface area contributed by atoms with E-state index in [1.54, 1.807) is 6.33 Å². The third-order valence-electron chi connectivity index (χ3n) is 4.94. The summed E-state index contributed by atoms with van der Waals surface area (Å²) in [6.07, 6.45) is 7.88. The molecule has 2 rings (SSSR count). The summed E-state index contributed by atoms with van der Waals surface area (Å²) >= 11 is 0. The van der Waals surface area contributed by atoms with Gasteiger partial charge in [-0.25, -0.2) is 9.67 Å². The van der Waals surface area contributed by atoms with E-state index in [9.17, 15) is 0 Å². The summed E-state index contributed by atoms with van der Waals surface area (Å²) in [5.74, 6) is 1.84. The number of hydrogen-bond acceptors (Lipinski definition) is 4. The topological polar surface area (TPSA) is 60.0 Å². The van der Waals surface area contributed by atoms with Crippen LogP contribution in [-0.4, -0.2) is 38.3 Å². The lowest BCUT2D eigenvalue weighted by Gasteiger charge is -2.47. The third kappa shape index (κ3) is 3.64. The summed E-state index contributed by atoms with van der Waals surface area (Å²) in [7, 11) is 0. The van der Waals surface area contributed by atoms with Gasteiger partial charge in [-0.3, -0.25) is 4.90 Å². The van der Waals surface area contributed by atoms with Crippen LogP contribution in [0.5, 0.6) is 0 Å². The lowest BCUT2D eigenvalue weighted by atomic mass is 9.75. The van der Waals surface area contributed by atoms with Gasteiger partial charge in [0.15, 0.2) is 0 Å². The van der Waals surface area contributed by atoms with Crippen molar-refractivity contribution in [3.05, 3.63) is 12.2 Å². The van der Waals surface area contributed by atoms with E-state index in [2.05, 4.69) is 35.8 Å². The molecule has 1 aliphatic carbocycles. The molecule has 0 bridgehead atoms. The summed E-state index contributed by atoms with van der Waals surface area (Å²) in [6, 6.07) is 0. The SMILES string of the molecule is CCCN(Cc1ncnn1CC)C1(CN)CCCC(C)C1. The van der Waals surface area contributed by atoms with Crippen molar-refractivity contribution in [2.24, 2.45) is 11.7 Å². The van der Waals surface area contributed by atoms with Crippen LogP contribution < -0.4 is 5.73 Å². The normalized spacial score (nSPS) is 26.4. The predicted molar refractivity (Wildman–Crippen MR) is 85.8 cm³/mol. The van der Waals surface area contributed by atoms with Crippen molar-refractivity contribution in [1.29, 1.82) is 0 Å². The maximum Gasteiger partial charge on any atom is 0.141 e. The predicted octanol–water partition coefficient (Wildman–Crippen LogP) is 2.42. The summed E-state index contributed by atoms with van der Waals surface area (Å²) in [4.78, 5) is 7.04. The van der Waals surface area contributed by atoms with Crippen LogP contribution in [0.4, 0.5) is 0 Å². The Labute approximate surface area is 128 Å². The molecule has 1 aromatic heterocycles. The Morgan fingerprint density at radius 2 is 2.29 bits per heavy atom. The average Bonchev–Trinajstić information content (AvgIpc) is 2.94. The van der Waals surface area contributed by atoms with Gasteiger partial charge in [-0.05, 0) is 38.6 Å². The zero-order valence-corrected chi connectivity index (χ0v) is 13.9. The number of aryl methyl sites for hydroxylation is 1. The van der Waals surface area contributed by atoms with Crippen LogP contribution >= 0.6 is 0 Å². The van der Waals surface area contributed by atoms with Gasteiger partial charge >= 0.3 is 0 Å². The van der Waals surface area contributed by atoms with Crippen LogP contribution in [0.3, 0.4) is 0 Å². The quantitative estimate of drug-likeness (QED) is 0.838. The lowest BCUT2D eigenvalue weighted by molar-refractivity contribution is 0.0292. The first kappa shape index (κ1) is 16.4. The molecule has 1 aromatic rings. The Hall–Kier alpha value is -0.940. The van der Waals surface area contributed by atoms with E-state index in [4.69, 9.17) is 5.73 Å². The first-order chi connectivity index (χ1) is 10.1. The van der Waals surface area contributed by atoms with Crippen LogP contribution in [-0.2, 0) is 13.1 Å². The third-order valence-corrected chi connectivity index (χ3v) is 4.94. The largest absolute Gasteiger partial charge is 0.329 e. The van der Waals surface area contributed by atoms with Gasteiger partial charge in [-0.15, -0.1) is 0 Å². The van der Waals surface area contributed by atoms with E-state index >= 15 is 0 Å². The van der Waals surface area contributed by atoms with Gasteiger partial charge < -0.3 is 5.73 Å². The molecule has 2 unspecified atom stereocenters. The minimum atomic E-state index is 0.151. The Balaban J connectivity index is 2.20. The Kier molecular flexibility index (Phi) is 5.76. The molecule has 1 aliphatic rings. The Morgan fingerprint density at radius 1 is 1.48 bits per heavy atom. The van der Waals surface area contributed by atoms with Crippen LogP contribution in [0.15, 0.2) is 6.33 Å². The van der Waals surface area contributed by atoms with Gasteiger partial charge in [0.1, 0.15) is 12.2 Å². The second-order valence-electron chi connectivity index (χ2n) is 6.54. The number of rotatable bonds is 7. The second-order valence-corrected chi connectivity index (χ2v) is 6.54. The average molecular weight is 293 g/mol. The lowest BCUT2D eigenvalue weighted by Crippen LogP contribution is -2.56.